The Bertz CT molecular complexity index is 238. The molecule has 2 unspecified atom stereocenters. The smallest absolute Gasteiger partial charge is 0.191 e. The highest BCUT2D eigenvalue weighted by Crippen LogP contribution is 2.04. The van der Waals surface area contributed by atoms with E-state index in [1.807, 2.05) is 6.92 Å². The lowest BCUT2D eigenvalue weighted by Gasteiger charge is -2.14. The summed E-state index contributed by atoms with van der Waals surface area (Å²) in [6.07, 6.45) is 0. The molecule has 0 fully saturated rings. The van der Waals surface area contributed by atoms with Gasteiger partial charge in [0.25, 0.3) is 0 Å². The molecular formula is C8H17N5O. The lowest BCUT2D eigenvalue weighted by Crippen LogP contribution is -2.27. The maximum Gasteiger partial charge on any atom is 0.191 e. The van der Waals surface area contributed by atoms with Crippen molar-refractivity contribution in [3.8, 4) is 0 Å². The van der Waals surface area contributed by atoms with Crippen LogP contribution in [0.25, 0.3) is 0 Å². The number of aromatic nitrogens is 4. The van der Waals surface area contributed by atoms with Crippen LogP contribution in [0.2, 0.25) is 0 Å². The number of ether oxygens (including phenoxy) is 1. The van der Waals surface area contributed by atoms with Gasteiger partial charge in [0.2, 0.25) is 0 Å². The summed E-state index contributed by atoms with van der Waals surface area (Å²) in [5.41, 5.74) is 0. The Kier molecular flexibility index (Phi) is 4.48. The monoisotopic (exact) mass is 199 g/mol. The van der Waals surface area contributed by atoms with E-state index < -0.39 is 0 Å². The molecule has 2 N–H and O–H groups in total. The van der Waals surface area contributed by atoms with E-state index in [-0.39, 0.29) is 6.04 Å². The summed E-state index contributed by atoms with van der Waals surface area (Å²) in [5, 5.41) is 17.0. The highest BCUT2D eigenvalue weighted by Gasteiger charge is 2.10. The Morgan fingerprint density at radius 1 is 1.50 bits per heavy atom. The zero-order chi connectivity index (χ0) is 10.4. The first kappa shape index (κ1) is 11.1. The number of aromatic amines is 1. The average Bonchev–Trinajstić information content (AvgIpc) is 2.67. The van der Waals surface area contributed by atoms with E-state index in [2.05, 4.69) is 32.9 Å². The third-order valence-corrected chi connectivity index (χ3v) is 1.97. The minimum atomic E-state index is 0.119. The Balaban J connectivity index is 2.24. The molecule has 1 heterocycles. The van der Waals surface area contributed by atoms with Gasteiger partial charge < -0.3 is 10.1 Å². The number of hydrogen-bond donors (Lipinski definition) is 2. The lowest BCUT2D eigenvalue weighted by molar-refractivity contribution is 0.157. The van der Waals surface area contributed by atoms with Gasteiger partial charge in [-0.25, -0.2) is 0 Å². The van der Waals surface area contributed by atoms with E-state index in [0.29, 0.717) is 11.7 Å². The van der Waals surface area contributed by atoms with Gasteiger partial charge in [0.1, 0.15) is 0 Å². The number of nitrogens with one attached hydrogen (secondary N) is 2. The summed E-state index contributed by atoms with van der Waals surface area (Å²) in [6.45, 7) is 5.76. The molecule has 0 aliphatic rings. The molecule has 0 saturated heterocycles. The van der Waals surface area contributed by atoms with Gasteiger partial charge in [-0.2, -0.15) is 5.21 Å². The molecule has 0 amide bonds. The fourth-order valence-corrected chi connectivity index (χ4v) is 1.17. The molecule has 2 atom stereocenters. The van der Waals surface area contributed by atoms with Crippen LogP contribution in [0, 0.1) is 5.92 Å². The van der Waals surface area contributed by atoms with Crippen LogP contribution in [-0.2, 0) is 4.74 Å². The van der Waals surface area contributed by atoms with Crippen molar-refractivity contribution >= 4 is 0 Å². The molecule has 0 radical (unpaired) electrons. The summed E-state index contributed by atoms with van der Waals surface area (Å²) < 4.78 is 5.04. The second-order valence-electron chi connectivity index (χ2n) is 3.46. The van der Waals surface area contributed by atoms with Crippen molar-refractivity contribution in [3.05, 3.63) is 5.82 Å². The summed E-state index contributed by atoms with van der Waals surface area (Å²) in [4.78, 5) is 0. The minimum absolute atomic E-state index is 0.119. The van der Waals surface area contributed by atoms with Crippen LogP contribution in [0.1, 0.15) is 25.7 Å². The van der Waals surface area contributed by atoms with Gasteiger partial charge in [0.15, 0.2) is 5.82 Å². The molecule has 6 nitrogen and oxygen atoms in total. The molecule has 14 heavy (non-hydrogen) atoms. The topological polar surface area (TPSA) is 75.7 Å². The van der Waals surface area contributed by atoms with Crippen LogP contribution >= 0.6 is 0 Å². The van der Waals surface area contributed by atoms with Crippen LogP contribution in [0.3, 0.4) is 0 Å². The largest absolute Gasteiger partial charge is 0.384 e. The van der Waals surface area contributed by atoms with Crippen molar-refractivity contribution in [1.82, 2.24) is 25.9 Å². The Hall–Kier alpha value is -1.01. The van der Waals surface area contributed by atoms with E-state index in [0.717, 1.165) is 13.2 Å². The molecule has 0 aliphatic heterocycles. The van der Waals surface area contributed by atoms with E-state index in [1.165, 1.54) is 0 Å². The van der Waals surface area contributed by atoms with Gasteiger partial charge in [0.05, 0.1) is 6.04 Å². The molecule has 0 spiro atoms. The lowest BCUT2D eigenvalue weighted by atomic mass is 10.2. The highest BCUT2D eigenvalue weighted by molar-refractivity contribution is 4.85. The van der Waals surface area contributed by atoms with Crippen molar-refractivity contribution < 1.29 is 4.74 Å². The third kappa shape index (κ3) is 3.39. The number of methoxy groups -OCH3 is 1. The molecule has 0 aliphatic carbocycles. The predicted octanol–water partition coefficient (Wildman–Crippen LogP) is 0.133. The Morgan fingerprint density at radius 2 is 2.29 bits per heavy atom. The fourth-order valence-electron chi connectivity index (χ4n) is 1.17. The first-order chi connectivity index (χ1) is 6.74. The number of hydrogen-bond acceptors (Lipinski definition) is 5. The van der Waals surface area contributed by atoms with Gasteiger partial charge in [-0.15, -0.1) is 10.2 Å². The maximum absolute atomic E-state index is 5.04. The van der Waals surface area contributed by atoms with Crippen molar-refractivity contribution in [2.24, 2.45) is 5.92 Å². The van der Waals surface area contributed by atoms with Crippen molar-refractivity contribution in [2.45, 2.75) is 19.9 Å². The number of tetrazole rings is 1. The number of rotatable bonds is 6. The Morgan fingerprint density at radius 3 is 2.86 bits per heavy atom. The van der Waals surface area contributed by atoms with Crippen molar-refractivity contribution in [1.29, 1.82) is 0 Å². The van der Waals surface area contributed by atoms with Crippen LogP contribution in [0.4, 0.5) is 0 Å². The third-order valence-electron chi connectivity index (χ3n) is 1.97. The van der Waals surface area contributed by atoms with Gasteiger partial charge in [-0.05, 0) is 12.8 Å². The number of H-pyrrole nitrogens is 1. The van der Waals surface area contributed by atoms with Gasteiger partial charge >= 0.3 is 0 Å². The SMILES string of the molecule is COCC(C)CNC(C)c1nn[nH]n1. The van der Waals surface area contributed by atoms with E-state index in [4.69, 9.17) is 4.74 Å². The molecular weight excluding hydrogens is 182 g/mol. The number of nitrogens with zero attached hydrogens (tertiary/aromatic N) is 3. The minimum Gasteiger partial charge on any atom is -0.384 e. The summed E-state index contributed by atoms with van der Waals surface area (Å²) in [6, 6.07) is 0.119. The van der Waals surface area contributed by atoms with Crippen LogP contribution in [0.5, 0.6) is 0 Å². The summed E-state index contributed by atoms with van der Waals surface area (Å²) >= 11 is 0. The molecule has 0 bridgehead atoms. The first-order valence-corrected chi connectivity index (χ1v) is 4.69. The van der Waals surface area contributed by atoms with Crippen LogP contribution < -0.4 is 5.32 Å². The Labute approximate surface area is 83.4 Å². The summed E-state index contributed by atoms with van der Waals surface area (Å²) in [7, 11) is 1.71. The van der Waals surface area contributed by atoms with E-state index >= 15 is 0 Å². The average molecular weight is 199 g/mol. The predicted molar refractivity (Wildman–Crippen MR) is 51.6 cm³/mol. The van der Waals surface area contributed by atoms with Gasteiger partial charge in [-0.3, -0.25) is 0 Å². The molecule has 6 heteroatoms. The maximum atomic E-state index is 5.04. The zero-order valence-corrected chi connectivity index (χ0v) is 8.82. The molecule has 1 aromatic heterocycles. The van der Waals surface area contributed by atoms with E-state index in [1.54, 1.807) is 7.11 Å². The van der Waals surface area contributed by atoms with Gasteiger partial charge in [-0.1, -0.05) is 12.1 Å². The summed E-state index contributed by atoms with van der Waals surface area (Å²) in [5.74, 6) is 1.17. The van der Waals surface area contributed by atoms with Crippen molar-refractivity contribution in [3.63, 3.8) is 0 Å². The zero-order valence-electron chi connectivity index (χ0n) is 8.82. The molecule has 0 aromatic carbocycles. The molecule has 1 rings (SSSR count). The fraction of sp³-hybridized carbons (Fsp3) is 0.875. The quantitative estimate of drug-likeness (QED) is 0.681. The van der Waals surface area contributed by atoms with Crippen LogP contribution in [0.15, 0.2) is 0 Å². The molecule has 1 aromatic rings. The van der Waals surface area contributed by atoms with E-state index in [9.17, 15) is 0 Å². The second kappa shape index (κ2) is 5.66. The van der Waals surface area contributed by atoms with Crippen LogP contribution in [-0.4, -0.2) is 40.9 Å². The standard InChI is InChI=1S/C8H17N5O/c1-6(5-14-3)4-9-7(2)8-10-12-13-11-8/h6-7,9H,4-5H2,1-3H3,(H,10,11,12,13). The molecule has 80 valence electrons. The molecule has 0 saturated carbocycles. The highest BCUT2D eigenvalue weighted by atomic mass is 16.5. The first-order valence-electron chi connectivity index (χ1n) is 4.69. The normalized spacial score (nSPS) is 15.4. The van der Waals surface area contributed by atoms with Gasteiger partial charge in [0, 0.05) is 20.3 Å². The van der Waals surface area contributed by atoms with Crippen molar-refractivity contribution in [2.75, 3.05) is 20.3 Å². The second-order valence-corrected chi connectivity index (χ2v) is 3.46.